The van der Waals surface area contributed by atoms with Gasteiger partial charge in [0.15, 0.2) is 34.7 Å². The summed E-state index contributed by atoms with van der Waals surface area (Å²) in [6, 6.07) is 9.71. The molecule has 0 spiro atoms. The van der Waals surface area contributed by atoms with Gasteiger partial charge in [0.2, 0.25) is 34.9 Å². The maximum Gasteiger partial charge on any atom is 0.258 e. The highest BCUT2D eigenvalue weighted by Crippen LogP contribution is 2.36. The van der Waals surface area contributed by atoms with Gasteiger partial charge in [-0.15, -0.1) is 0 Å². The number of phenols is 3. The van der Waals surface area contributed by atoms with Crippen molar-refractivity contribution < 1.29 is 55.2 Å². The molecule has 0 bridgehead atoms. The SMILES string of the molecule is Oc1ccc(-c2noc(-c3cc(-c4nc(-c5ccc(O)c(F)c5F)no4)cc(-c4nc(-c5ccc(O)c(F)c5F)no4)c3)n2)c(F)c1F. The second kappa shape index (κ2) is 11.3. The Morgan fingerprint density at radius 2 is 0.667 bits per heavy atom. The number of nitrogens with zero attached hydrogens (tertiary/aromatic N) is 6. The zero-order valence-corrected chi connectivity index (χ0v) is 23.2. The van der Waals surface area contributed by atoms with Crippen molar-refractivity contribution >= 4 is 0 Å². The fourth-order valence-corrected chi connectivity index (χ4v) is 4.48. The molecule has 0 saturated heterocycles. The Labute approximate surface area is 261 Å². The van der Waals surface area contributed by atoms with E-state index in [1.54, 1.807) is 0 Å². The van der Waals surface area contributed by atoms with Crippen LogP contribution in [0.15, 0.2) is 68.2 Å². The molecular formula is C30H12F6N6O6. The van der Waals surface area contributed by atoms with E-state index in [9.17, 15) is 41.7 Å². The molecule has 0 aliphatic carbocycles. The first kappa shape index (κ1) is 30.0. The van der Waals surface area contributed by atoms with Crippen LogP contribution in [0.1, 0.15) is 0 Å². The first-order valence-electron chi connectivity index (χ1n) is 13.2. The predicted octanol–water partition coefficient (Wildman–Crippen LogP) is 6.79. The third kappa shape index (κ3) is 5.00. The van der Waals surface area contributed by atoms with E-state index < -0.39 is 86.3 Å². The number of halogens is 6. The molecule has 3 N–H and O–H groups in total. The maximum absolute atomic E-state index is 14.5. The Morgan fingerprint density at radius 3 is 0.938 bits per heavy atom. The summed E-state index contributed by atoms with van der Waals surface area (Å²) in [4.78, 5) is 12.3. The Morgan fingerprint density at radius 1 is 0.396 bits per heavy atom. The average molecular weight is 666 g/mol. The van der Waals surface area contributed by atoms with E-state index in [1.807, 2.05) is 0 Å². The molecule has 0 atom stereocenters. The number of hydrogen-bond acceptors (Lipinski definition) is 12. The standard InChI is InChI=1S/C30H12F6N6O6/c31-19-13(1-4-16(43)22(19)34)25-37-28(46-40-25)10-7-11(29-38-26(41-47-29)14-2-5-17(44)23(35)20(14)32)9-12(8-10)30-39-27(42-48-30)15-3-6-18(45)24(36)21(15)33/h1-9,43-45H. The quantitative estimate of drug-likeness (QED) is 0.159. The van der Waals surface area contributed by atoms with Crippen LogP contribution >= 0.6 is 0 Å². The number of phenolic OH excluding ortho intramolecular Hbond substituents is 3. The van der Waals surface area contributed by atoms with Gasteiger partial charge in [0, 0.05) is 16.7 Å². The van der Waals surface area contributed by atoms with Gasteiger partial charge < -0.3 is 28.9 Å². The van der Waals surface area contributed by atoms with E-state index in [0.29, 0.717) is 0 Å². The van der Waals surface area contributed by atoms with Gasteiger partial charge in [0.05, 0.1) is 16.7 Å². The number of rotatable bonds is 6. The van der Waals surface area contributed by atoms with E-state index >= 15 is 0 Å². The Balaban J connectivity index is 1.34. The van der Waals surface area contributed by atoms with Crippen LogP contribution in [0.4, 0.5) is 26.3 Å². The first-order chi connectivity index (χ1) is 23.0. The molecule has 12 nitrogen and oxygen atoms in total. The van der Waals surface area contributed by atoms with E-state index in [2.05, 4.69) is 30.4 Å². The number of aromatic hydroxyl groups is 3. The van der Waals surface area contributed by atoms with Crippen LogP contribution < -0.4 is 0 Å². The van der Waals surface area contributed by atoms with Crippen molar-refractivity contribution in [2.45, 2.75) is 0 Å². The molecule has 18 heteroatoms. The molecule has 4 aromatic carbocycles. The molecule has 0 amide bonds. The van der Waals surface area contributed by atoms with E-state index in [0.717, 1.165) is 36.4 Å². The van der Waals surface area contributed by atoms with Gasteiger partial charge in [-0.2, -0.15) is 28.1 Å². The van der Waals surface area contributed by atoms with Gasteiger partial charge in [-0.25, -0.2) is 13.2 Å². The lowest BCUT2D eigenvalue weighted by Gasteiger charge is -2.03. The Bertz CT molecular complexity index is 2120. The molecule has 240 valence electrons. The zero-order chi connectivity index (χ0) is 33.9. The summed E-state index contributed by atoms with van der Waals surface area (Å²) >= 11 is 0. The summed E-state index contributed by atoms with van der Waals surface area (Å²) in [5.41, 5.74) is -1.22. The summed E-state index contributed by atoms with van der Waals surface area (Å²) in [7, 11) is 0. The third-order valence-corrected chi connectivity index (χ3v) is 6.86. The van der Waals surface area contributed by atoms with Crippen LogP contribution in [0.25, 0.3) is 68.5 Å². The van der Waals surface area contributed by atoms with Crippen molar-refractivity contribution in [2.75, 3.05) is 0 Å². The smallest absolute Gasteiger partial charge is 0.258 e. The minimum atomic E-state index is -1.54. The fraction of sp³-hybridized carbons (Fsp3) is 0. The molecule has 48 heavy (non-hydrogen) atoms. The Hall–Kier alpha value is -6.72. The molecular weight excluding hydrogens is 654 g/mol. The van der Waals surface area contributed by atoms with Crippen LogP contribution in [0.5, 0.6) is 17.2 Å². The lowest BCUT2D eigenvalue weighted by molar-refractivity contribution is 0.406. The van der Waals surface area contributed by atoms with Crippen molar-refractivity contribution in [1.29, 1.82) is 0 Å². The van der Waals surface area contributed by atoms with Crippen LogP contribution in [-0.2, 0) is 0 Å². The number of aromatic nitrogens is 6. The monoisotopic (exact) mass is 666 g/mol. The topological polar surface area (TPSA) is 177 Å². The second-order valence-electron chi connectivity index (χ2n) is 9.85. The molecule has 0 aliphatic heterocycles. The van der Waals surface area contributed by atoms with E-state index in [-0.39, 0.29) is 34.4 Å². The molecule has 0 saturated carbocycles. The van der Waals surface area contributed by atoms with Crippen molar-refractivity contribution in [3.63, 3.8) is 0 Å². The summed E-state index contributed by atoms with van der Waals surface area (Å²) in [5.74, 6) is -13.9. The number of hydrogen-bond donors (Lipinski definition) is 3. The van der Waals surface area contributed by atoms with Crippen molar-refractivity contribution in [1.82, 2.24) is 30.4 Å². The molecule has 0 fully saturated rings. The van der Waals surface area contributed by atoms with Crippen molar-refractivity contribution in [2.24, 2.45) is 0 Å². The highest BCUT2D eigenvalue weighted by molar-refractivity contribution is 5.75. The lowest BCUT2D eigenvalue weighted by Crippen LogP contribution is -1.92. The molecule has 0 unspecified atom stereocenters. The summed E-state index contributed by atoms with van der Waals surface area (Å²) in [6.07, 6.45) is 0. The zero-order valence-electron chi connectivity index (χ0n) is 23.2. The largest absolute Gasteiger partial charge is 0.505 e. The van der Waals surface area contributed by atoms with Crippen LogP contribution in [0.2, 0.25) is 0 Å². The fourth-order valence-electron chi connectivity index (χ4n) is 4.48. The first-order valence-corrected chi connectivity index (χ1v) is 13.2. The van der Waals surface area contributed by atoms with E-state index in [4.69, 9.17) is 13.6 Å². The van der Waals surface area contributed by atoms with Gasteiger partial charge in [-0.05, 0) is 54.6 Å². The van der Waals surface area contributed by atoms with Crippen molar-refractivity contribution in [3.05, 3.63) is 89.5 Å². The highest BCUT2D eigenvalue weighted by atomic mass is 19.2. The van der Waals surface area contributed by atoms with Gasteiger partial charge in [-0.3, -0.25) is 0 Å². The molecule has 0 aliphatic rings. The minimum Gasteiger partial charge on any atom is -0.505 e. The number of benzene rings is 4. The van der Waals surface area contributed by atoms with Crippen LogP contribution in [0, 0.1) is 34.9 Å². The van der Waals surface area contributed by atoms with Gasteiger partial charge in [0.25, 0.3) is 17.7 Å². The molecule has 3 aromatic heterocycles. The normalized spacial score (nSPS) is 11.4. The summed E-state index contributed by atoms with van der Waals surface area (Å²) in [6.45, 7) is 0. The third-order valence-electron chi connectivity index (χ3n) is 6.86. The Kier molecular flexibility index (Phi) is 7.03. The van der Waals surface area contributed by atoms with Crippen LogP contribution in [-0.4, -0.2) is 45.7 Å². The highest BCUT2D eigenvalue weighted by Gasteiger charge is 2.25. The molecule has 7 aromatic rings. The van der Waals surface area contributed by atoms with Gasteiger partial charge in [-0.1, -0.05) is 15.5 Å². The van der Waals surface area contributed by atoms with Crippen LogP contribution in [0.3, 0.4) is 0 Å². The second-order valence-corrected chi connectivity index (χ2v) is 9.85. The van der Waals surface area contributed by atoms with E-state index in [1.165, 1.54) is 18.2 Å². The van der Waals surface area contributed by atoms with Gasteiger partial charge in [0.1, 0.15) is 0 Å². The summed E-state index contributed by atoms with van der Waals surface area (Å²) < 4.78 is 101. The minimum absolute atomic E-state index is 0.0455. The predicted molar refractivity (Wildman–Crippen MR) is 147 cm³/mol. The maximum atomic E-state index is 14.5. The molecule has 3 heterocycles. The average Bonchev–Trinajstić information content (AvgIpc) is 3.87. The summed E-state index contributed by atoms with van der Waals surface area (Å²) in [5, 5.41) is 39.3. The van der Waals surface area contributed by atoms with Gasteiger partial charge >= 0.3 is 0 Å². The van der Waals surface area contributed by atoms with Crippen molar-refractivity contribution in [3.8, 4) is 85.8 Å². The molecule has 0 radical (unpaired) electrons. The molecule has 7 rings (SSSR count). The lowest BCUT2D eigenvalue weighted by atomic mass is 10.0.